The van der Waals surface area contributed by atoms with Gasteiger partial charge in [-0.3, -0.25) is 9.59 Å². The third kappa shape index (κ3) is 5.96. The molecule has 7 heteroatoms. The standard InChI is InChI=1S/C36H36N4O3/c1-26-10-12-27(13-11-26)24-43-29-14-15-32-30(22-29)31(34(41)39-18-6-3-7-19-39)23-33(38-32)35(42)40-20-16-36(25-37,17-21-40)28-8-4-2-5-9-28/h2,4-5,8-15,22-23H,3,6-7,16-21,24H2,1H3. The monoisotopic (exact) mass is 572 g/mol. The topological polar surface area (TPSA) is 86.5 Å². The lowest BCUT2D eigenvalue weighted by molar-refractivity contribution is 0.0686. The van der Waals surface area contributed by atoms with E-state index in [0.717, 1.165) is 30.4 Å². The van der Waals surface area contributed by atoms with Crippen molar-refractivity contribution in [2.75, 3.05) is 26.2 Å². The van der Waals surface area contributed by atoms with Crippen molar-refractivity contribution in [3.8, 4) is 11.8 Å². The van der Waals surface area contributed by atoms with Crippen molar-refractivity contribution in [3.05, 3.63) is 107 Å². The van der Waals surface area contributed by atoms with E-state index < -0.39 is 5.41 Å². The van der Waals surface area contributed by atoms with Crippen molar-refractivity contribution in [2.24, 2.45) is 0 Å². The molecule has 0 atom stereocenters. The predicted octanol–water partition coefficient (Wildman–Crippen LogP) is 6.45. The molecule has 0 unspecified atom stereocenters. The van der Waals surface area contributed by atoms with Gasteiger partial charge in [0.25, 0.3) is 11.8 Å². The number of fused-ring (bicyclic) bond motifs is 1. The van der Waals surface area contributed by atoms with E-state index in [2.05, 4.69) is 25.1 Å². The largest absolute Gasteiger partial charge is 0.489 e. The summed E-state index contributed by atoms with van der Waals surface area (Å²) in [5, 5.41) is 10.8. The van der Waals surface area contributed by atoms with Gasteiger partial charge in [-0.2, -0.15) is 5.26 Å². The number of benzene rings is 3. The van der Waals surface area contributed by atoms with Crippen LogP contribution in [0.25, 0.3) is 10.9 Å². The van der Waals surface area contributed by atoms with E-state index >= 15 is 0 Å². The molecule has 4 aromatic rings. The Labute approximate surface area is 252 Å². The second-order valence-electron chi connectivity index (χ2n) is 11.7. The van der Waals surface area contributed by atoms with E-state index in [1.54, 1.807) is 11.0 Å². The minimum atomic E-state index is -0.612. The van der Waals surface area contributed by atoms with Crippen molar-refractivity contribution in [1.29, 1.82) is 5.26 Å². The van der Waals surface area contributed by atoms with Gasteiger partial charge in [-0.15, -0.1) is 0 Å². The molecule has 3 aromatic carbocycles. The number of nitrogens with zero attached hydrogens (tertiary/aromatic N) is 4. The summed E-state index contributed by atoms with van der Waals surface area (Å²) in [6, 6.07) is 27.8. The highest BCUT2D eigenvalue weighted by Gasteiger charge is 2.38. The number of amides is 2. The summed E-state index contributed by atoms with van der Waals surface area (Å²) < 4.78 is 6.11. The van der Waals surface area contributed by atoms with Crippen LogP contribution in [0, 0.1) is 18.3 Å². The molecule has 0 saturated carbocycles. The second-order valence-corrected chi connectivity index (χ2v) is 11.7. The maximum Gasteiger partial charge on any atom is 0.272 e. The number of ether oxygens (including phenoxy) is 1. The van der Waals surface area contributed by atoms with Gasteiger partial charge in [-0.05, 0) is 74.4 Å². The molecule has 0 bridgehead atoms. The lowest BCUT2D eigenvalue weighted by Crippen LogP contribution is -2.45. The van der Waals surface area contributed by atoms with Crippen molar-refractivity contribution < 1.29 is 14.3 Å². The Kier molecular flexibility index (Phi) is 8.11. The highest BCUT2D eigenvalue weighted by molar-refractivity contribution is 6.09. The van der Waals surface area contributed by atoms with Gasteiger partial charge >= 0.3 is 0 Å². The Morgan fingerprint density at radius 3 is 2.26 bits per heavy atom. The van der Waals surface area contributed by atoms with Crippen molar-refractivity contribution >= 4 is 22.7 Å². The average Bonchev–Trinajstić information content (AvgIpc) is 3.07. The first kappa shape index (κ1) is 28.4. The van der Waals surface area contributed by atoms with Gasteiger partial charge in [0.2, 0.25) is 0 Å². The highest BCUT2D eigenvalue weighted by Crippen LogP contribution is 2.35. The highest BCUT2D eigenvalue weighted by atomic mass is 16.5. The normalized spacial score (nSPS) is 16.5. The van der Waals surface area contributed by atoms with Crippen LogP contribution in [0.15, 0.2) is 78.9 Å². The summed E-state index contributed by atoms with van der Waals surface area (Å²) in [7, 11) is 0. The van der Waals surface area contributed by atoms with Gasteiger partial charge < -0.3 is 14.5 Å². The van der Waals surface area contributed by atoms with Gasteiger partial charge in [0, 0.05) is 31.6 Å². The quantitative estimate of drug-likeness (QED) is 0.265. The summed E-state index contributed by atoms with van der Waals surface area (Å²) in [5.74, 6) is 0.350. The molecule has 3 heterocycles. The summed E-state index contributed by atoms with van der Waals surface area (Å²) >= 11 is 0. The Balaban J connectivity index is 1.28. The minimum absolute atomic E-state index is 0.0805. The van der Waals surface area contributed by atoms with Gasteiger partial charge in [0.05, 0.1) is 22.6 Å². The van der Waals surface area contributed by atoms with Gasteiger partial charge in [0.1, 0.15) is 18.1 Å². The molecule has 7 nitrogen and oxygen atoms in total. The number of piperidine rings is 2. The molecule has 2 fully saturated rings. The van der Waals surface area contributed by atoms with Gasteiger partial charge in [-0.25, -0.2) is 4.98 Å². The van der Waals surface area contributed by atoms with Crippen LogP contribution in [0.3, 0.4) is 0 Å². The van der Waals surface area contributed by atoms with E-state index in [9.17, 15) is 14.9 Å². The van der Waals surface area contributed by atoms with Gasteiger partial charge in [-0.1, -0.05) is 60.2 Å². The number of nitriles is 1. The zero-order valence-corrected chi connectivity index (χ0v) is 24.6. The number of aromatic nitrogens is 1. The van der Waals surface area contributed by atoms with E-state index in [1.165, 1.54) is 5.56 Å². The SMILES string of the molecule is Cc1ccc(COc2ccc3nc(C(=O)N4CCC(C#N)(c5ccccc5)CC4)cc(C(=O)N4CCCCC4)c3c2)cc1. The van der Waals surface area contributed by atoms with Crippen LogP contribution in [-0.4, -0.2) is 52.8 Å². The molecule has 0 radical (unpaired) electrons. The average molecular weight is 573 g/mol. The molecule has 2 amide bonds. The lowest BCUT2D eigenvalue weighted by Gasteiger charge is -2.37. The van der Waals surface area contributed by atoms with Crippen LogP contribution < -0.4 is 4.74 Å². The molecule has 0 spiro atoms. The zero-order valence-electron chi connectivity index (χ0n) is 24.6. The van der Waals surface area contributed by atoms with Crippen LogP contribution in [0.4, 0.5) is 0 Å². The van der Waals surface area contributed by atoms with Crippen LogP contribution in [0.1, 0.15) is 69.6 Å². The Bertz CT molecular complexity index is 1660. The Morgan fingerprint density at radius 2 is 1.56 bits per heavy atom. The zero-order chi connectivity index (χ0) is 29.8. The number of pyridine rings is 1. The molecule has 43 heavy (non-hydrogen) atoms. The van der Waals surface area contributed by atoms with Gasteiger partial charge in [0.15, 0.2) is 0 Å². The molecule has 0 N–H and O–H groups in total. The summed E-state index contributed by atoms with van der Waals surface area (Å²) in [4.78, 5) is 36.1. The second kappa shape index (κ2) is 12.3. The molecule has 218 valence electrons. The third-order valence-electron chi connectivity index (χ3n) is 8.84. The first-order valence-electron chi connectivity index (χ1n) is 15.1. The van der Waals surface area contributed by atoms with E-state index in [-0.39, 0.29) is 17.5 Å². The smallest absolute Gasteiger partial charge is 0.272 e. The number of likely N-dealkylation sites (tertiary alicyclic amines) is 2. The summed E-state index contributed by atoms with van der Waals surface area (Å²) in [5.41, 5.74) is 3.94. The molecule has 2 aliphatic rings. The number of hydrogen-bond donors (Lipinski definition) is 0. The molecular formula is C36H36N4O3. The van der Waals surface area contributed by atoms with E-state index in [1.807, 2.05) is 65.6 Å². The lowest BCUT2D eigenvalue weighted by atomic mass is 9.74. The third-order valence-corrected chi connectivity index (χ3v) is 8.84. The molecule has 6 rings (SSSR count). The molecular weight excluding hydrogens is 536 g/mol. The first-order valence-corrected chi connectivity index (χ1v) is 15.1. The fraction of sp³-hybridized carbons (Fsp3) is 0.333. The van der Waals surface area contributed by atoms with Crippen LogP contribution in [-0.2, 0) is 12.0 Å². The van der Waals surface area contributed by atoms with Crippen molar-refractivity contribution in [3.63, 3.8) is 0 Å². The maximum absolute atomic E-state index is 13.9. The van der Waals surface area contributed by atoms with Crippen LogP contribution >= 0.6 is 0 Å². The number of hydrogen-bond acceptors (Lipinski definition) is 5. The minimum Gasteiger partial charge on any atom is -0.489 e. The summed E-state index contributed by atoms with van der Waals surface area (Å²) in [6.07, 6.45) is 4.16. The van der Waals surface area contributed by atoms with Crippen molar-refractivity contribution in [2.45, 2.75) is 51.0 Å². The molecule has 2 aliphatic heterocycles. The Hall–Kier alpha value is -4.70. The predicted molar refractivity (Wildman–Crippen MR) is 166 cm³/mol. The van der Waals surface area contributed by atoms with Crippen molar-refractivity contribution in [1.82, 2.24) is 14.8 Å². The fourth-order valence-electron chi connectivity index (χ4n) is 6.18. The Morgan fingerprint density at radius 1 is 0.860 bits per heavy atom. The molecule has 0 aliphatic carbocycles. The van der Waals surface area contributed by atoms with E-state index in [4.69, 9.17) is 9.72 Å². The van der Waals surface area contributed by atoms with E-state index in [0.29, 0.717) is 67.8 Å². The number of carbonyl (C=O) groups is 2. The maximum atomic E-state index is 13.9. The van der Waals surface area contributed by atoms with Crippen LogP contribution in [0.5, 0.6) is 5.75 Å². The summed E-state index contributed by atoms with van der Waals surface area (Å²) in [6.45, 7) is 4.77. The number of rotatable bonds is 6. The fourth-order valence-corrected chi connectivity index (χ4v) is 6.18. The molecule has 1 aromatic heterocycles. The number of aryl methyl sites for hydroxylation is 1. The first-order chi connectivity index (χ1) is 21.0. The molecule has 2 saturated heterocycles. The van der Waals surface area contributed by atoms with Crippen LogP contribution in [0.2, 0.25) is 0 Å². The number of carbonyl (C=O) groups excluding carboxylic acids is 2.